The fourth-order valence-corrected chi connectivity index (χ4v) is 3.10. The van der Waals surface area contributed by atoms with Crippen LogP contribution in [0.25, 0.3) is 0 Å². The molecular formula is C17H14BrN3O2. The lowest BCUT2D eigenvalue weighted by Gasteiger charge is -2.27. The molecular weight excluding hydrogens is 358 g/mol. The predicted molar refractivity (Wildman–Crippen MR) is 90.8 cm³/mol. The zero-order valence-electron chi connectivity index (χ0n) is 12.3. The molecule has 1 atom stereocenters. The monoisotopic (exact) mass is 371 g/mol. The summed E-state index contributed by atoms with van der Waals surface area (Å²) in [6, 6.07) is 13.1. The van der Waals surface area contributed by atoms with Crippen LogP contribution in [0.1, 0.15) is 17.0 Å². The fraction of sp³-hybridized carbons (Fsp3) is 0.118. The summed E-state index contributed by atoms with van der Waals surface area (Å²) in [5, 5.41) is 9.56. The molecule has 4 N–H and O–H groups in total. The molecule has 0 unspecified atom stereocenters. The summed E-state index contributed by atoms with van der Waals surface area (Å²) in [4.78, 5) is 0. The Kier molecular flexibility index (Phi) is 3.89. The molecule has 2 aromatic rings. The van der Waals surface area contributed by atoms with Crippen molar-refractivity contribution in [1.29, 1.82) is 5.26 Å². The van der Waals surface area contributed by atoms with Crippen molar-refractivity contribution < 1.29 is 9.47 Å². The van der Waals surface area contributed by atoms with Gasteiger partial charge < -0.3 is 20.9 Å². The topological polar surface area (TPSA) is 94.3 Å². The Morgan fingerprint density at radius 1 is 1.17 bits per heavy atom. The summed E-state index contributed by atoms with van der Waals surface area (Å²) in [6.45, 7) is 0. The second kappa shape index (κ2) is 5.86. The molecule has 0 fully saturated rings. The van der Waals surface area contributed by atoms with Crippen LogP contribution >= 0.6 is 15.9 Å². The number of ether oxygens (including phenoxy) is 2. The summed E-state index contributed by atoms with van der Waals surface area (Å²) in [6.07, 6.45) is 0. The normalized spacial score (nSPS) is 16.3. The van der Waals surface area contributed by atoms with Gasteiger partial charge in [0.05, 0.1) is 13.0 Å². The minimum atomic E-state index is -0.378. The van der Waals surface area contributed by atoms with Crippen molar-refractivity contribution in [2.75, 3.05) is 12.8 Å². The third-order valence-electron chi connectivity index (χ3n) is 3.75. The molecule has 0 bridgehead atoms. The largest absolute Gasteiger partial charge is 0.496 e. The molecule has 0 radical (unpaired) electrons. The van der Waals surface area contributed by atoms with Crippen molar-refractivity contribution in [1.82, 2.24) is 0 Å². The van der Waals surface area contributed by atoms with E-state index in [1.807, 2.05) is 24.3 Å². The summed E-state index contributed by atoms with van der Waals surface area (Å²) in [5.74, 6) is 0.923. The van der Waals surface area contributed by atoms with Crippen LogP contribution in [0.3, 0.4) is 0 Å². The molecule has 0 saturated heterocycles. The fourth-order valence-electron chi connectivity index (χ4n) is 2.72. The van der Waals surface area contributed by atoms with Gasteiger partial charge in [0.25, 0.3) is 0 Å². The lowest BCUT2D eigenvalue weighted by atomic mass is 9.83. The predicted octanol–water partition coefficient (Wildman–Crippen LogP) is 3.26. The van der Waals surface area contributed by atoms with E-state index in [2.05, 4.69) is 22.0 Å². The lowest BCUT2D eigenvalue weighted by molar-refractivity contribution is 0.387. The number of allylic oxidation sites excluding steroid dienone is 1. The van der Waals surface area contributed by atoms with E-state index in [4.69, 9.17) is 20.9 Å². The van der Waals surface area contributed by atoms with Crippen LogP contribution in [-0.2, 0) is 0 Å². The van der Waals surface area contributed by atoms with Crippen molar-refractivity contribution in [2.24, 2.45) is 5.73 Å². The first-order chi connectivity index (χ1) is 11.0. The molecule has 116 valence electrons. The Labute approximate surface area is 142 Å². The van der Waals surface area contributed by atoms with Crippen LogP contribution in [0.2, 0.25) is 0 Å². The number of hydrogen-bond donors (Lipinski definition) is 2. The number of nitriles is 1. The molecule has 0 amide bonds. The van der Waals surface area contributed by atoms with Crippen LogP contribution in [0, 0.1) is 11.3 Å². The molecule has 6 heteroatoms. The van der Waals surface area contributed by atoms with E-state index in [0.29, 0.717) is 22.8 Å². The first-order valence-corrected chi connectivity index (χ1v) is 7.65. The molecule has 1 heterocycles. The average Bonchev–Trinajstić information content (AvgIpc) is 2.53. The Hall–Kier alpha value is -2.65. The van der Waals surface area contributed by atoms with E-state index in [1.54, 1.807) is 19.2 Å². The molecule has 0 saturated carbocycles. The smallest absolute Gasteiger partial charge is 0.205 e. The average molecular weight is 372 g/mol. The maximum absolute atomic E-state index is 9.56. The summed E-state index contributed by atoms with van der Waals surface area (Å²) < 4.78 is 11.9. The first kappa shape index (κ1) is 15.3. The zero-order chi connectivity index (χ0) is 16.6. The maximum atomic E-state index is 9.56. The van der Waals surface area contributed by atoms with E-state index >= 15 is 0 Å². The zero-order valence-corrected chi connectivity index (χ0v) is 13.9. The van der Waals surface area contributed by atoms with Crippen LogP contribution in [-0.4, -0.2) is 7.11 Å². The van der Waals surface area contributed by atoms with Gasteiger partial charge in [0.2, 0.25) is 5.88 Å². The number of nitrogens with zero attached hydrogens (tertiary/aromatic N) is 1. The molecule has 0 spiro atoms. The highest BCUT2D eigenvalue weighted by atomic mass is 79.9. The van der Waals surface area contributed by atoms with Gasteiger partial charge in [-0.2, -0.15) is 5.26 Å². The molecule has 5 nitrogen and oxygen atoms in total. The molecule has 23 heavy (non-hydrogen) atoms. The van der Waals surface area contributed by atoms with Gasteiger partial charge in [0.1, 0.15) is 23.1 Å². The number of anilines is 1. The van der Waals surface area contributed by atoms with Gasteiger partial charge in [-0.25, -0.2) is 0 Å². The molecule has 3 rings (SSSR count). The second-order valence-electron chi connectivity index (χ2n) is 5.11. The van der Waals surface area contributed by atoms with Gasteiger partial charge in [-0.05, 0) is 24.3 Å². The second-order valence-corrected chi connectivity index (χ2v) is 6.02. The summed E-state index contributed by atoms with van der Waals surface area (Å²) >= 11 is 3.46. The molecule has 0 aliphatic carbocycles. The molecule has 2 aromatic carbocycles. The highest BCUT2D eigenvalue weighted by Crippen LogP contribution is 2.45. The van der Waals surface area contributed by atoms with Crippen molar-refractivity contribution >= 4 is 21.6 Å². The SMILES string of the molecule is COc1ccc(Br)cc1[C@H]1C(C#N)=C(N)Oc2cc(N)ccc21. The maximum Gasteiger partial charge on any atom is 0.205 e. The van der Waals surface area contributed by atoms with E-state index in [-0.39, 0.29) is 11.8 Å². The van der Waals surface area contributed by atoms with Crippen molar-refractivity contribution in [3.8, 4) is 17.6 Å². The Balaban J connectivity index is 2.29. The standard InChI is InChI=1S/C17H14BrN3O2/c1-22-14-5-2-9(18)6-12(14)16-11-4-3-10(20)7-15(11)23-17(21)13(16)8-19/h2-7,16H,20-21H2,1H3/t16-/m0/s1. The van der Waals surface area contributed by atoms with E-state index in [1.165, 1.54) is 0 Å². The van der Waals surface area contributed by atoms with Crippen LogP contribution in [0.5, 0.6) is 11.5 Å². The number of halogens is 1. The highest BCUT2D eigenvalue weighted by Gasteiger charge is 2.32. The van der Waals surface area contributed by atoms with E-state index < -0.39 is 0 Å². The van der Waals surface area contributed by atoms with Crippen LogP contribution < -0.4 is 20.9 Å². The number of benzene rings is 2. The van der Waals surface area contributed by atoms with E-state index in [0.717, 1.165) is 15.6 Å². The Morgan fingerprint density at radius 2 is 1.96 bits per heavy atom. The molecule has 1 aliphatic rings. The van der Waals surface area contributed by atoms with Gasteiger partial charge in [-0.1, -0.05) is 22.0 Å². The minimum absolute atomic E-state index is 0.0811. The number of hydrogen-bond acceptors (Lipinski definition) is 5. The Morgan fingerprint density at radius 3 is 2.65 bits per heavy atom. The van der Waals surface area contributed by atoms with Crippen LogP contribution in [0.4, 0.5) is 5.69 Å². The van der Waals surface area contributed by atoms with Crippen molar-refractivity contribution in [2.45, 2.75) is 5.92 Å². The number of nitrogen functional groups attached to an aromatic ring is 1. The third-order valence-corrected chi connectivity index (χ3v) is 4.24. The third kappa shape index (κ3) is 2.60. The van der Waals surface area contributed by atoms with Gasteiger partial charge in [-0.3, -0.25) is 0 Å². The summed E-state index contributed by atoms with van der Waals surface area (Å²) in [5.41, 5.74) is 14.3. The lowest BCUT2D eigenvalue weighted by Crippen LogP contribution is -2.21. The van der Waals surface area contributed by atoms with Crippen molar-refractivity contribution in [3.63, 3.8) is 0 Å². The first-order valence-electron chi connectivity index (χ1n) is 6.85. The number of fused-ring (bicyclic) bond motifs is 1. The minimum Gasteiger partial charge on any atom is -0.496 e. The van der Waals surface area contributed by atoms with Gasteiger partial charge in [0.15, 0.2) is 0 Å². The van der Waals surface area contributed by atoms with Crippen molar-refractivity contribution in [3.05, 3.63) is 63.5 Å². The van der Waals surface area contributed by atoms with Crippen LogP contribution in [0.15, 0.2) is 52.3 Å². The molecule has 1 aliphatic heterocycles. The molecule has 0 aromatic heterocycles. The number of rotatable bonds is 2. The quantitative estimate of drug-likeness (QED) is 0.790. The highest BCUT2D eigenvalue weighted by molar-refractivity contribution is 9.10. The van der Waals surface area contributed by atoms with Gasteiger partial charge >= 0.3 is 0 Å². The Bertz CT molecular complexity index is 855. The van der Waals surface area contributed by atoms with E-state index in [9.17, 15) is 5.26 Å². The number of methoxy groups -OCH3 is 1. The summed E-state index contributed by atoms with van der Waals surface area (Å²) in [7, 11) is 1.59. The van der Waals surface area contributed by atoms with Gasteiger partial charge in [0, 0.05) is 27.4 Å². The number of nitrogens with two attached hydrogens (primary N) is 2. The van der Waals surface area contributed by atoms with Gasteiger partial charge in [-0.15, -0.1) is 0 Å².